The van der Waals surface area contributed by atoms with Crippen molar-refractivity contribution in [3.63, 3.8) is 0 Å². The number of carboxylic acid groups (broad SMARTS) is 1. The van der Waals surface area contributed by atoms with E-state index in [2.05, 4.69) is 10.6 Å². The first-order chi connectivity index (χ1) is 15.7. The van der Waals surface area contributed by atoms with Crippen LogP contribution >= 0.6 is 0 Å². The molecule has 2 atom stereocenters. The molecule has 184 valence electrons. The number of carbonyl (C=O) groups excluding carboxylic acids is 1. The van der Waals surface area contributed by atoms with Crippen LogP contribution in [0.3, 0.4) is 0 Å². The number of carbonyl (C=O) groups is 2. The number of nitrogens with one attached hydrogen (secondary N) is 2. The summed E-state index contributed by atoms with van der Waals surface area (Å²) >= 11 is 0. The van der Waals surface area contributed by atoms with Crippen LogP contribution < -0.4 is 15.4 Å². The molecule has 1 heterocycles. The van der Waals surface area contributed by atoms with Gasteiger partial charge in [-0.25, -0.2) is 9.59 Å². The molecule has 3 N–H and O–H groups in total. The van der Waals surface area contributed by atoms with Crippen LogP contribution in [0.2, 0.25) is 0 Å². The summed E-state index contributed by atoms with van der Waals surface area (Å²) in [5.74, 6) is 0.0219. The third-order valence-electron chi connectivity index (χ3n) is 6.18. The average molecular weight is 463 g/mol. The predicted molar refractivity (Wildman–Crippen MR) is 125 cm³/mol. The average Bonchev–Trinajstić information content (AvgIpc) is 2.76. The van der Waals surface area contributed by atoms with Crippen LogP contribution in [0.1, 0.15) is 70.8 Å². The van der Waals surface area contributed by atoms with Crippen molar-refractivity contribution in [2.75, 3.05) is 19.8 Å². The van der Waals surface area contributed by atoms with Gasteiger partial charge in [-0.05, 0) is 83.4 Å². The number of piperidine rings is 1. The molecule has 3 rings (SSSR count). The second kappa shape index (κ2) is 11.7. The number of amides is 1. The third kappa shape index (κ3) is 8.19. The zero-order chi connectivity index (χ0) is 23.8. The van der Waals surface area contributed by atoms with E-state index in [1.54, 1.807) is 0 Å². The number of aliphatic carboxylic acids is 1. The topological polar surface area (TPSA) is 106 Å². The number of hydrogen-bond acceptors (Lipinski definition) is 6. The zero-order valence-electron chi connectivity index (χ0n) is 20.0. The largest absolute Gasteiger partial charge is 0.482 e. The molecule has 8 heteroatoms. The maximum Gasteiger partial charge on any atom is 0.407 e. The summed E-state index contributed by atoms with van der Waals surface area (Å²) in [6, 6.07) is 7.76. The molecule has 1 amide bonds. The lowest BCUT2D eigenvalue weighted by atomic mass is 9.82. The Hall–Kier alpha value is -2.32. The van der Waals surface area contributed by atoms with E-state index in [0.717, 1.165) is 50.6 Å². The minimum atomic E-state index is -0.974. The van der Waals surface area contributed by atoms with Gasteiger partial charge >= 0.3 is 12.1 Å². The molecule has 1 aromatic rings. The number of hydrogen-bond donors (Lipinski definition) is 3. The van der Waals surface area contributed by atoms with Gasteiger partial charge < -0.3 is 30.0 Å². The Balaban J connectivity index is 1.47. The number of para-hydroxylation sites is 1. The summed E-state index contributed by atoms with van der Waals surface area (Å²) in [4.78, 5) is 23.1. The summed E-state index contributed by atoms with van der Waals surface area (Å²) in [5, 5.41) is 15.4. The molecule has 1 aromatic carbocycles. The Bertz CT molecular complexity index is 785. The fourth-order valence-corrected chi connectivity index (χ4v) is 4.63. The minimum Gasteiger partial charge on any atom is -0.482 e. The molecule has 33 heavy (non-hydrogen) atoms. The van der Waals surface area contributed by atoms with Gasteiger partial charge in [0.05, 0.1) is 18.8 Å². The highest BCUT2D eigenvalue weighted by Gasteiger charge is 2.30. The lowest BCUT2D eigenvalue weighted by Crippen LogP contribution is -2.56. The molecule has 1 saturated carbocycles. The van der Waals surface area contributed by atoms with Crippen molar-refractivity contribution in [1.29, 1.82) is 0 Å². The molecular weight excluding hydrogens is 424 g/mol. The van der Waals surface area contributed by atoms with E-state index < -0.39 is 11.6 Å². The summed E-state index contributed by atoms with van der Waals surface area (Å²) in [7, 11) is 0. The van der Waals surface area contributed by atoms with Gasteiger partial charge in [0.2, 0.25) is 0 Å². The molecule has 0 spiro atoms. The van der Waals surface area contributed by atoms with E-state index >= 15 is 0 Å². The highest BCUT2D eigenvalue weighted by Crippen LogP contribution is 2.38. The second-order valence-electron chi connectivity index (χ2n) is 9.98. The second-order valence-corrected chi connectivity index (χ2v) is 9.98. The van der Waals surface area contributed by atoms with E-state index in [1.165, 1.54) is 0 Å². The Kier molecular flexibility index (Phi) is 8.97. The lowest BCUT2D eigenvalue weighted by Gasteiger charge is -2.35. The van der Waals surface area contributed by atoms with E-state index in [0.29, 0.717) is 18.3 Å². The van der Waals surface area contributed by atoms with Crippen LogP contribution in [0.15, 0.2) is 24.3 Å². The fourth-order valence-electron chi connectivity index (χ4n) is 4.63. The van der Waals surface area contributed by atoms with Gasteiger partial charge in [-0.1, -0.05) is 18.2 Å². The summed E-state index contributed by atoms with van der Waals surface area (Å²) in [6.07, 6.45) is 5.52. The first-order valence-electron chi connectivity index (χ1n) is 12.0. The standard InChI is InChI=1S/C25H38N2O6/c1-25(2,3)33-24(30)27-20-8-6-14-26-21(20)15-31-18-12-10-17(11-13-18)19-7-4-5-9-22(19)32-16-23(28)29/h4-5,7,9,17-18,20-21,26H,6,8,10-16H2,1-3H3,(H,27,30)(H,28,29)/t17?,18?,20?,21-/m1/s1. The van der Waals surface area contributed by atoms with Crippen LogP contribution in [0.25, 0.3) is 0 Å². The molecule has 8 nitrogen and oxygen atoms in total. The normalized spacial score (nSPS) is 25.8. The number of rotatable bonds is 8. The Morgan fingerprint density at radius 3 is 2.55 bits per heavy atom. The molecule has 1 unspecified atom stereocenters. The molecule has 1 saturated heterocycles. The van der Waals surface area contributed by atoms with Crippen molar-refractivity contribution in [1.82, 2.24) is 10.6 Å². The molecule has 2 fully saturated rings. The van der Waals surface area contributed by atoms with Gasteiger partial charge in [0.1, 0.15) is 11.4 Å². The highest BCUT2D eigenvalue weighted by molar-refractivity contribution is 5.68. The van der Waals surface area contributed by atoms with Crippen LogP contribution in [-0.4, -0.2) is 60.7 Å². The van der Waals surface area contributed by atoms with E-state index in [1.807, 2.05) is 45.0 Å². The van der Waals surface area contributed by atoms with Crippen molar-refractivity contribution < 1.29 is 28.9 Å². The fraction of sp³-hybridized carbons (Fsp3) is 0.680. The molecule has 0 aromatic heterocycles. The monoisotopic (exact) mass is 462 g/mol. The van der Waals surface area contributed by atoms with Crippen molar-refractivity contribution in [3.05, 3.63) is 29.8 Å². The highest BCUT2D eigenvalue weighted by atomic mass is 16.6. The van der Waals surface area contributed by atoms with Gasteiger partial charge in [-0.2, -0.15) is 0 Å². The van der Waals surface area contributed by atoms with E-state index in [9.17, 15) is 9.59 Å². The van der Waals surface area contributed by atoms with E-state index in [4.69, 9.17) is 19.3 Å². The maximum atomic E-state index is 12.2. The summed E-state index contributed by atoms with van der Waals surface area (Å²) in [6.45, 7) is 6.72. The predicted octanol–water partition coefficient (Wildman–Crippen LogP) is 3.84. The summed E-state index contributed by atoms with van der Waals surface area (Å²) in [5.41, 5.74) is 0.557. The lowest BCUT2D eigenvalue weighted by molar-refractivity contribution is -0.139. The zero-order valence-corrected chi connectivity index (χ0v) is 20.0. The van der Waals surface area contributed by atoms with Crippen molar-refractivity contribution in [2.45, 2.75) is 89.0 Å². The van der Waals surface area contributed by atoms with Gasteiger partial charge in [0.25, 0.3) is 0 Å². The first-order valence-corrected chi connectivity index (χ1v) is 12.0. The summed E-state index contributed by atoms with van der Waals surface area (Å²) < 4.78 is 17.2. The van der Waals surface area contributed by atoms with Gasteiger partial charge in [-0.15, -0.1) is 0 Å². The van der Waals surface area contributed by atoms with Crippen LogP contribution in [-0.2, 0) is 14.3 Å². The van der Waals surface area contributed by atoms with E-state index in [-0.39, 0.29) is 30.9 Å². The third-order valence-corrected chi connectivity index (χ3v) is 6.18. The van der Waals surface area contributed by atoms with Gasteiger partial charge in [0, 0.05) is 6.04 Å². The van der Waals surface area contributed by atoms with Crippen LogP contribution in [0.5, 0.6) is 5.75 Å². The van der Waals surface area contributed by atoms with Crippen LogP contribution in [0.4, 0.5) is 4.79 Å². The minimum absolute atomic E-state index is 0.0109. The molecule has 1 aliphatic carbocycles. The molecule has 2 aliphatic rings. The number of carboxylic acids is 1. The molecular formula is C25H38N2O6. The Morgan fingerprint density at radius 1 is 1.12 bits per heavy atom. The Morgan fingerprint density at radius 2 is 1.85 bits per heavy atom. The molecule has 1 aliphatic heterocycles. The molecule has 0 bridgehead atoms. The number of benzene rings is 1. The van der Waals surface area contributed by atoms with Gasteiger partial charge in [-0.3, -0.25) is 0 Å². The quantitative estimate of drug-likeness (QED) is 0.539. The van der Waals surface area contributed by atoms with Crippen molar-refractivity contribution in [3.8, 4) is 5.75 Å². The molecule has 0 radical (unpaired) electrons. The number of ether oxygens (including phenoxy) is 3. The maximum absolute atomic E-state index is 12.2. The van der Waals surface area contributed by atoms with Crippen molar-refractivity contribution >= 4 is 12.1 Å². The first kappa shape index (κ1) is 25.3. The van der Waals surface area contributed by atoms with Crippen molar-refractivity contribution in [2.24, 2.45) is 0 Å². The van der Waals surface area contributed by atoms with Crippen LogP contribution in [0, 0.1) is 0 Å². The Labute approximate surface area is 196 Å². The smallest absolute Gasteiger partial charge is 0.407 e. The number of alkyl carbamates (subject to hydrolysis) is 1. The SMILES string of the molecule is CC(C)(C)OC(=O)NC1CCCN[C@@H]1COC1CCC(c2ccccc2OCC(=O)O)CC1. The van der Waals surface area contributed by atoms with Gasteiger partial charge in [0.15, 0.2) is 6.61 Å².